The second-order valence-corrected chi connectivity index (χ2v) is 7.26. The predicted octanol–water partition coefficient (Wildman–Crippen LogP) is 6.81. The maximum atomic E-state index is 14.5. The van der Waals surface area contributed by atoms with Gasteiger partial charge in [0.05, 0.1) is 6.61 Å². The molecule has 0 aliphatic heterocycles. The van der Waals surface area contributed by atoms with E-state index in [1.54, 1.807) is 31.2 Å². The third-order valence-corrected chi connectivity index (χ3v) is 5.49. The third-order valence-electron chi connectivity index (χ3n) is 5.49. The molecule has 0 aromatic heterocycles. The van der Waals surface area contributed by atoms with Crippen LogP contribution in [0.4, 0.5) is 13.2 Å². The molecule has 2 aromatic rings. The highest BCUT2D eigenvalue weighted by molar-refractivity contribution is 5.34. The maximum Gasteiger partial charge on any atom is 0.200 e. The summed E-state index contributed by atoms with van der Waals surface area (Å²) >= 11 is 0. The van der Waals surface area contributed by atoms with Gasteiger partial charge in [0.2, 0.25) is 5.82 Å². The molecule has 3 rings (SSSR count). The maximum absolute atomic E-state index is 14.5. The summed E-state index contributed by atoms with van der Waals surface area (Å²) in [5.74, 6) is -1.72. The minimum atomic E-state index is -0.917. The summed E-state index contributed by atoms with van der Waals surface area (Å²) < 4.78 is 47.9. The molecule has 0 N–H and O–H groups in total. The van der Waals surface area contributed by atoms with Crippen molar-refractivity contribution in [3.8, 4) is 5.75 Å². The predicted molar refractivity (Wildman–Crippen MR) is 102 cm³/mol. The lowest BCUT2D eigenvalue weighted by Gasteiger charge is -2.29. The number of hydrogen-bond donors (Lipinski definition) is 0. The van der Waals surface area contributed by atoms with Crippen LogP contribution in [0.5, 0.6) is 5.75 Å². The summed E-state index contributed by atoms with van der Waals surface area (Å²) in [7, 11) is 0. The molecule has 1 nitrogen and oxygen atoms in total. The van der Waals surface area contributed by atoms with E-state index in [1.807, 2.05) is 6.07 Å². The molecule has 27 heavy (non-hydrogen) atoms. The molecule has 0 saturated heterocycles. The number of aryl methyl sites for hydroxylation is 1. The Morgan fingerprint density at radius 1 is 1.00 bits per heavy atom. The van der Waals surface area contributed by atoms with Crippen molar-refractivity contribution in [1.29, 1.82) is 0 Å². The van der Waals surface area contributed by atoms with Gasteiger partial charge in [-0.3, -0.25) is 0 Å². The van der Waals surface area contributed by atoms with E-state index in [9.17, 15) is 13.2 Å². The minimum Gasteiger partial charge on any atom is -0.490 e. The Labute approximate surface area is 158 Å². The molecule has 0 unspecified atom stereocenters. The van der Waals surface area contributed by atoms with Gasteiger partial charge in [0.15, 0.2) is 11.6 Å². The molecular formula is C23H25F3O. The first-order chi connectivity index (χ1) is 13.0. The van der Waals surface area contributed by atoms with Crippen LogP contribution >= 0.6 is 0 Å². The molecule has 2 aromatic carbocycles. The topological polar surface area (TPSA) is 9.23 Å². The first-order valence-corrected chi connectivity index (χ1v) is 9.49. The molecule has 0 amide bonds. The Hall–Kier alpha value is -2.23. The van der Waals surface area contributed by atoms with E-state index in [1.165, 1.54) is 6.07 Å². The van der Waals surface area contributed by atoms with Gasteiger partial charge in [0.1, 0.15) is 5.82 Å². The van der Waals surface area contributed by atoms with E-state index < -0.39 is 11.6 Å². The van der Waals surface area contributed by atoms with E-state index in [-0.39, 0.29) is 30.0 Å². The van der Waals surface area contributed by atoms with Crippen LogP contribution < -0.4 is 4.74 Å². The lowest BCUT2D eigenvalue weighted by atomic mass is 9.76. The summed E-state index contributed by atoms with van der Waals surface area (Å²) in [6, 6.07) is 8.53. The van der Waals surface area contributed by atoms with Crippen molar-refractivity contribution in [1.82, 2.24) is 0 Å². The van der Waals surface area contributed by atoms with Crippen molar-refractivity contribution in [3.05, 3.63) is 77.1 Å². The van der Waals surface area contributed by atoms with Crippen molar-refractivity contribution >= 4 is 0 Å². The van der Waals surface area contributed by atoms with E-state index in [4.69, 9.17) is 4.74 Å². The van der Waals surface area contributed by atoms with E-state index >= 15 is 0 Å². The number of benzene rings is 2. The fourth-order valence-electron chi connectivity index (χ4n) is 3.83. The van der Waals surface area contributed by atoms with Gasteiger partial charge in [0, 0.05) is 0 Å². The van der Waals surface area contributed by atoms with Gasteiger partial charge < -0.3 is 4.74 Å². The van der Waals surface area contributed by atoms with Gasteiger partial charge in [-0.15, -0.1) is 6.58 Å². The molecular weight excluding hydrogens is 349 g/mol. The minimum absolute atomic E-state index is 0.0201. The van der Waals surface area contributed by atoms with Gasteiger partial charge in [-0.1, -0.05) is 24.3 Å². The van der Waals surface area contributed by atoms with Crippen LogP contribution in [-0.4, -0.2) is 6.61 Å². The van der Waals surface area contributed by atoms with Crippen molar-refractivity contribution < 1.29 is 17.9 Å². The first kappa shape index (κ1) is 19.5. The average molecular weight is 374 g/mol. The lowest BCUT2D eigenvalue weighted by Crippen LogP contribution is -2.14. The Morgan fingerprint density at radius 3 is 2.37 bits per heavy atom. The van der Waals surface area contributed by atoms with Crippen LogP contribution in [0.3, 0.4) is 0 Å². The van der Waals surface area contributed by atoms with Crippen LogP contribution in [0.15, 0.2) is 43.0 Å². The van der Waals surface area contributed by atoms with E-state index in [0.29, 0.717) is 17.5 Å². The second kappa shape index (κ2) is 8.64. The highest BCUT2D eigenvalue weighted by Crippen LogP contribution is 2.42. The van der Waals surface area contributed by atoms with E-state index in [0.717, 1.165) is 31.2 Å². The molecule has 1 aliphatic carbocycles. The molecule has 0 bridgehead atoms. The van der Waals surface area contributed by atoms with Crippen LogP contribution in [0, 0.1) is 24.4 Å². The summed E-state index contributed by atoms with van der Waals surface area (Å²) in [5, 5.41) is 0. The highest BCUT2D eigenvalue weighted by Gasteiger charge is 2.27. The molecule has 0 radical (unpaired) electrons. The third kappa shape index (κ3) is 4.37. The fraction of sp³-hybridized carbons (Fsp3) is 0.391. The van der Waals surface area contributed by atoms with Gasteiger partial charge >= 0.3 is 0 Å². The molecule has 0 atom stereocenters. The van der Waals surface area contributed by atoms with Gasteiger partial charge in [-0.2, -0.15) is 4.39 Å². The summed E-state index contributed by atoms with van der Waals surface area (Å²) in [5.41, 5.74) is 2.05. The van der Waals surface area contributed by atoms with Crippen molar-refractivity contribution in [2.45, 2.75) is 50.9 Å². The summed E-state index contributed by atoms with van der Waals surface area (Å²) in [6.07, 6.45) is 5.44. The Bertz CT molecular complexity index is 808. The van der Waals surface area contributed by atoms with Crippen molar-refractivity contribution in [2.75, 3.05) is 6.61 Å². The van der Waals surface area contributed by atoms with Crippen LogP contribution in [0.1, 0.15) is 60.6 Å². The zero-order chi connectivity index (χ0) is 19.4. The molecule has 4 heteroatoms. The van der Waals surface area contributed by atoms with Gasteiger partial charge in [0.25, 0.3) is 0 Å². The summed E-state index contributed by atoms with van der Waals surface area (Å²) in [6.45, 7) is 5.60. The number of hydrogen-bond acceptors (Lipinski definition) is 1. The smallest absolute Gasteiger partial charge is 0.200 e. The Balaban J connectivity index is 1.67. The highest BCUT2D eigenvalue weighted by atomic mass is 19.2. The Kier molecular flexibility index (Phi) is 6.25. The molecule has 0 heterocycles. The van der Waals surface area contributed by atoms with Crippen LogP contribution in [0.25, 0.3) is 0 Å². The quantitative estimate of drug-likeness (QED) is 0.399. The largest absolute Gasteiger partial charge is 0.490 e. The van der Waals surface area contributed by atoms with E-state index in [2.05, 4.69) is 6.58 Å². The number of ether oxygens (including phenoxy) is 1. The standard InChI is InChI=1S/C23H25F3O/c1-3-4-13-27-21-12-11-19(22(25)23(21)26)17-9-7-16(8-10-17)18-6-5-15(2)20(24)14-18/h3,5-6,11-12,14,16-17H,1,4,7-10,13H2,2H3. The molecule has 0 spiro atoms. The normalized spacial score (nSPS) is 19.7. The van der Waals surface area contributed by atoms with Crippen LogP contribution in [-0.2, 0) is 0 Å². The average Bonchev–Trinajstić information content (AvgIpc) is 2.68. The summed E-state index contributed by atoms with van der Waals surface area (Å²) in [4.78, 5) is 0. The first-order valence-electron chi connectivity index (χ1n) is 9.49. The zero-order valence-electron chi connectivity index (χ0n) is 15.6. The molecule has 1 fully saturated rings. The number of rotatable bonds is 6. The number of halogens is 3. The second-order valence-electron chi connectivity index (χ2n) is 7.26. The molecule has 1 saturated carbocycles. The van der Waals surface area contributed by atoms with Crippen LogP contribution in [0.2, 0.25) is 0 Å². The van der Waals surface area contributed by atoms with Gasteiger partial charge in [-0.25, -0.2) is 8.78 Å². The zero-order valence-corrected chi connectivity index (χ0v) is 15.6. The van der Waals surface area contributed by atoms with Crippen molar-refractivity contribution in [2.24, 2.45) is 0 Å². The Morgan fingerprint density at radius 2 is 1.70 bits per heavy atom. The molecule has 1 aliphatic rings. The lowest BCUT2D eigenvalue weighted by molar-refractivity contribution is 0.299. The fourth-order valence-corrected chi connectivity index (χ4v) is 3.83. The van der Waals surface area contributed by atoms with Gasteiger partial charge in [-0.05, 0) is 79.7 Å². The monoisotopic (exact) mass is 374 g/mol. The molecule has 144 valence electrons. The SMILES string of the molecule is C=CCCOc1ccc(C2CCC(c3ccc(C)c(F)c3)CC2)c(F)c1F. The van der Waals surface area contributed by atoms with Crippen molar-refractivity contribution in [3.63, 3.8) is 0 Å².